The number of hydrogen-bond donors (Lipinski definition) is 1. The van der Waals surface area contributed by atoms with Crippen LogP contribution in [0.25, 0.3) is 5.69 Å². The van der Waals surface area contributed by atoms with Crippen LogP contribution in [0.1, 0.15) is 32.3 Å². The second-order valence-corrected chi connectivity index (χ2v) is 8.19. The van der Waals surface area contributed by atoms with E-state index in [9.17, 15) is 8.78 Å². The number of halogens is 2. The maximum absolute atomic E-state index is 13.5. The molecule has 164 valence electrons. The normalized spacial score (nSPS) is 15.0. The molecule has 1 aliphatic heterocycles. The van der Waals surface area contributed by atoms with E-state index >= 15 is 0 Å². The molecule has 0 saturated carbocycles. The third-order valence-corrected chi connectivity index (χ3v) is 5.19. The highest BCUT2D eigenvalue weighted by Gasteiger charge is 2.21. The molecule has 4 rings (SSSR count). The minimum atomic E-state index is -0.661. The lowest BCUT2D eigenvalue weighted by atomic mass is 10.1. The average molecular weight is 427 g/mol. The van der Waals surface area contributed by atoms with Gasteiger partial charge >= 0.3 is 0 Å². The van der Waals surface area contributed by atoms with Gasteiger partial charge in [-0.05, 0) is 69.5 Å². The molecule has 1 aromatic heterocycles. The summed E-state index contributed by atoms with van der Waals surface area (Å²) in [6.07, 6.45) is 4.00. The van der Waals surface area contributed by atoms with Gasteiger partial charge in [0.05, 0.1) is 17.9 Å². The van der Waals surface area contributed by atoms with Gasteiger partial charge < -0.3 is 15.0 Å². The first-order chi connectivity index (χ1) is 14.9. The number of aryl methyl sites for hydroxylation is 1. The molecule has 1 N–H and O–H groups in total. The van der Waals surface area contributed by atoms with Crippen LogP contribution < -0.4 is 10.2 Å². The van der Waals surface area contributed by atoms with E-state index in [0.717, 1.165) is 48.9 Å². The van der Waals surface area contributed by atoms with Crippen molar-refractivity contribution in [2.24, 2.45) is 0 Å². The summed E-state index contributed by atoms with van der Waals surface area (Å²) in [6, 6.07) is 9.49. The molecular formula is C23H27F2N5O. The van der Waals surface area contributed by atoms with Gasteiger partial charge in [0.25, 0.3) is 0 Å². The van der Waals surface area contributed by atoms with Gasteiger partial charge in [0, 0.05) is 30.5 Å². The van der Waals surface area contributed by atoms with Gasteiger partial charge in [-0.25, -0.2) is 13.5 Å². The summed E-state index contributed by atoms with van der Waals surface area (Å²) in [5.74, 6) is -0.970. The van der Waals surface area contributed by atoms with Crippen molar-refractivity contribution in [2.75, 3.05) is 23.3 Å². The third kappa shape index (κ3) is 5.38. The van der Waals surface area contributed by atoms with Crippen molar-refractivity contribution in [3.63, 3.8) is 0 Å². The van der Waals surface area contributed by atoms with Crippen molar-refractivity contribution < 1.29 is 13.5 Å². The van der Waals surface area contributed by atoms with E-state index in [0.29, 0.717) is 12.1 Å². The topological polar surface area (TPSA) is 55.2 Å². The van der Waals surface area contributed by atoms with Crippen LogP contribution >= 0.6 is 0 Å². The fraction of sp³-hybridized carbons (Fsp3) is 0.391. The first-order valence-electron chi connectivity index (χ1n) is 10.5. The van der Waals surface area contributed by atoms with E-state index in [1.807, 2.05) is 13.0 Å². The van der Waals surface area contributed by atoms with Crippen molar-refractivity contribution >= 4 is 17.3 Å². The Hall–Kier alpha value is -3.00. The maximum Gasteiger partial charge on any atom is 0.246 e. The summed E-state index contributed by atoms with van der Waals surface area (Å²) < 4.78 is 34.3. The molecule has 6 nitrogen and oxygen atoms in total. The molecular weight excluding hydrogens is 400 g/mol. The van der Waals surface area contributed by atoms with Crippen LogP contribution in [-0.4, -0.2) is 40.1 Å². The lowest BCUT2D eigenvalue weighted by Gasteiger charge is -2.34. The van der Waals surface area contributed by atoms with E-state index < -0.39 is 11.6 Å². The zero-order valence-electron chi connectivity index (χ0n) is 18.0. The minimum Gasteiger partial charge on any atom is -0.375 e. The van der Waals surface area contributed by atoms with Gasteiger partial charge in [-0.1, -0.05) is 0 Å². The van der Waals surface area contributed by atoms with Gasteiger partial charge in [0.2, 0.25) is 5.95 Å². The Morgan fingerprint density at radius 3 is 2.39 bits per heavy atom. The monoisotopic (exact) mass is 427 g/mol. The van der Waals surface area contributed by atoms with E-state index in [2.05, 4.69) is 46.3 Å². The fourth-order valence-electron chi connectivity index (χ4n) is 3.90. The van der Waals surface area contributed by atoms with Crippen molar-refractivity contribution in [1.82, 2.24) is 14.8 Å². The quantitative estimate of drug-likeness (QED) is 0.601. The Kier molecular flexibility index (Phi) is 6.18. The largest absolute Gasteiger partial charge is 0.375 e. The number of hydrogen-bond acceptors (Lipinski definition) is 5. The molecule has 0 radical (unpaired) electrons. The molecule has 2 heterocycles. The smallest absolute Gasteiger partial charge is 0.246 e. The molecule has 8 heteroatoms. The van der Waals surface area contributed by atoms with Crippen LogP contribution in [0, 0.1) is 18.6 Å². The number of benzene rings is 2. The lowest BCUT2D eigenvalue weighted by Crippen LogP contribution is -2.38. The van der Waals surface area contributed by atoms with Crippen molar-refractivity contribution in [1.29, 1.82) is 0 Å². The molecule has 0 spiro atoms. The van der Waals surface area contributed by atoms with Crippen molar-refractivity contribution in [2.45, 2.75) is 45.8 Å². The fourth-order valence-corrected chi connectivity index (χ4v) is 3.90. The second kappa shape index (κ2) is 9.01. The van der Waals surface area contributed by atoms with Gasteiger partial charge in [0.1, 0.15) is 18.0 Å². The Bertz CT molecular complexity index is 1020. The van der Waals surface area contributed by atoms with Crippen LogP contribution in [0.3, 0.4) is 0 Å². The number of ether oxygens (including phenoxy) is 1. The zero-order chi connectivity index (χ0) is 22.0. The average Bonchev–Trinajstić information content (AvgIpc) is 3.15. The Labute approximate surface area is 180 Å². The molecule has 0 bridgehead atoms. The summed E-state index contributed by atoms with van der Waals surface area (Å²) in [5.41, 5.74) is 3.39. The van der Waals surface area contributed by atoms with E-state index in [1.165, 1.54) is 23.1 Å². The molecule has 0 aliphatic carbocycles. The van der Waals surface area contributed by atoms with Gasteiger partial charge in [0.15, 0.2) is 0 Å². The lowest BCUT2D eigenvalue weighted by molar-refractivity contribution is -0.00478. The maximum atomic E-state index is 13.5. The predicted molar refractivity (Wildman–Crippen MR) is 117 cm³/mol. The van der Waals surface area contributed by atoms with Crippen molar-refractivity contribution in [3.05, 3.63) is 59.9 Å². The van der Waals surface area contributed by atoms with Gasteiger partial charge in [-0.15, -0.1) is 5.10 Å². The summed E-state index contributed by atoms with van der Waals surface area (Å²) in [4.78, 5) is 6.58. The number of nitrogens with one attached hydrogen (secondary N) is 1. The second-order valence-electron chi connectivity index (χ2n) is 8.19. The molecule has 3 aromatic rings. The standard InChI is InChI=1S/C23H27F2N5O/c1-15(2)31-22-4-6-29(7-5-22)20-9-16(3)8-19(13-20)27-23-26-14-30(28-23)21-11-17(24)10-18(25)12-21/h8-15,22H,4-7H2,1-3H3,(H,27,28). The summed E-state index contributed by atoms with van der Waals surface area (Å²) in [5, 5.41) is 7.49. The third-order valence-electron chi connectivity index (χ3n) is 5.19. The number of aromatic nitrogens is 3. The molecule has 0 amide bonds. The first-order valence-corrected chi connectivity index (χ1v) is 10.5. The Morgan fingerprint density at radius 1 is 1.00 bits per heavy atom. The highest BCUT2D eigenvalue weighted by molar-refractivity contribution is 5.64. The molecule has 31 heavy (non-hydrogen) atoms. The highest BCUT2D eigenvalue weighted by Crippen LogP contribution is 2.27. The van der Waals surface area contributed by atoms with E-state index in [4.69, 9.17) is 4.74 Å². The highest BCUT2D eigenvalue weighted by atomic mass is 19.1. The zero-order valence-corrected chi connectivity index (χ0v) is 18.0. The molecule has 0 atom stereocenters. The number of anilines is 3. The number of rotatable bonds is 6. The SMILES string of the molecule is Cc1cc(Nc2ncn(-c3cc(F)cc(F)c3)n2)cc(N2CCC(OC(C)C)CC2)c1. The Morgan fingerprint density at radius 2 is 1.71 bits per heavy atom. The molecule has 1 aliphatic rings. The number of nitrogens with zero attached hydrogens (tertiary/aromatic N) is 4. The van der Waals surface area contributed by atoms with Crippen LogP contribution in [0.15, 0.2) is 42.7 Å². The summed E-state index contributed by atoms with van der Waals surface area (Å²) >= 11 is 0. The Balaban J connectivity index is 1.47. The van der Waals surface area contributed by atoms with Crippen LogP contribution in [-0.2, 0) is 4.74 Å². The molecule has 1 fully saturated rings. The van der Waals surface area contributed by atoms with Crippen molar-refractivity contribution in [3.8, 4) is 5.69 Å². The van der Waals surface area contributed by atoms with Gasteiger partial charge in [-0.2, -0.15) is 4.98 Å². The molecule has 0 unspecified atom stereocenters. The number of piperidine rings is 1. The van der Waals surface area contributed by atoms with Crippen LogP contribution in [0.5, 0.6) is 0 Å². The van der Waals surface area contributed by atoms with Crippen LogP contribution in [0.2, 0.25) is 0 Å². The minimum absolute atomic E-state index is 0.252. The molecule has 1 saturated heterocycles. The van der Waals surface area contributed by atoms with Gasteiger partial charge in [-0.3, -0.25) is 0 Å². The van der Waals surface area contributed by atoms with Crippen LogP contribution in [0.4, 0.5) is 26.1 Å². The van der Waals surface area contributed by atoms with E-state index in [1.54, 1.807) is 0 Å². The summed E-state index contributed by atoms with van der Waals surface area (Å²) in [6.45, 7) is 8.08. The predicted octanol–water partition coefficient (Wildman–Crippen LogP) is 4.99. The molecule has 2 aromatic carbocycles. The van der Waals surface area contributed by atoms with E-state index in [-0.39, 0.29) is 11.8 Å². The summed E-state index contributed by atoms with van der Waals surface area (Å²) in [7, 11) is 0. The first kappa shape index (κ1) is 21.2.